The Morgan fingerprint density at radius 1 is 1.23 bits per heavy atom. The van der Waals surface area contributed by atoms with Crippen molar-refractivity contribution in [3.05, 3.63) is 59.4 Å². The van der Waals surface area contributed by atoms with Crippen molar-refractivity contribution in [3.63, 3.8) is 0 Å². The molecule has 7 heteroatoms. The molecule has 0 amide bonds. The summed E-state index contributed by atoms with van der Waals surface area (Å²) >= 11 is 0. The first-order valence-electron chi connectivity index (χ1n) is 10.8. The predicted molar refractivity (Wildman–Crippen MR) is 124 cm³/mol. The first-order chi connectivity index (χ1) is 15.1. The summed E-state index contributed by atoms with van der Waals surface area (Å²) in [6, 6.07) is 14.5. The monoisotopic (exact) mass is 421 g/mol. The minimum absolute atomic E-state index is 0.131. The normalized spacial score (nSPS) is 16.6. The Bertz CT molecular complexity index is 1050. The molecule has 3 aromatic rings. The van der Waals surface area contributed by atoms with Crippen molar-refractivity contribution in [1.82, 2.24) is 20.2 Å². The number of aromatic nitrogens is 2. The number of ether oxygens (including phenoxy) is 2. The highest BCUT2D eigenvalue weighted by Crippen LogP contribution is 2.23. The van der Waals surface area contributed by atoms with Gasteiger partial charge in [0.15, 0.2) is 5.96 Å². The number of aliphatic imine (C=N–C) groups is 1. The molecule has 1 unspecified atom stereocenters. The van der Waals surface area contributed by atoms with E-state index in [2.05, 4.69) is 56.4 Å². The summed E-state index contributed by atoms with van der Waals surface area (Å²) < 4.78 is 13.9. The fourth-order valence-electron chi connectivity index (χ4n) is 3.87. The molecular weight excluding hydrogens is 390 g/mol. The summed E-state index contributed by atoms with van der Waals surface area (Å²) in [5.74, 6) is 2.69. The van der Waals surface area contributed by atoms with E-state index in [1.165, 1.54) is 5.56 Å². The van der Waals surface area contributed by atoms with Crippen molar-refractivity contribution in [1.29, 1.82) is 0 Å². The number of hydrogen-bond acceptors (Lipinski definition) is 4. The minimum Gasteiger partial charge on any atom is -0.488 e. The number of fused-ring (bicyclic) bond motifs is 1. The van der Waals surface area contributed by atoms with E-state index < -0.39 is 0 Å². The third-order valence-electron chi connectivity index (χ3n) is 5.55. The van der Waals surface area contributed by atoms with E-state index in [-0.39, 0.29) is 6.10 Å². The van der Waals surface area contributed by atoms with Crippen LogP contribution < -0.4 is 15.4 Å². The number of imidazole rings is 1. The maximum absolute atomic E-state index is 6.20. The maximum Gasteiger partial charge on any atom is 0.191 e. The quantitative estimate of drug-likeness (QED) is 0.453. The average molecular weight is 422 g/mol. The summed E-state index contributed by atoms with van der Waals surface area (Å²) in [4.78, 5) is 9.00. The van der Waals surface area contributed by atoms with Crippen molar-refractivity contribution in [2.45, 2.75) is 39.5 Å². The predicted octanol–water partition coefficient (Wildman–Crippen LogP) is 3.19. The van der Waals surface area contributed by atoms with Crippen LogP contribution in [0.1, 0.15) is 23.4 Å². The van der Waals surface area contributed by atoms with Gasteiger partial charge in [-0.05, 0) is 37.6 Å². The van der Waals surface area contributed by atoms with E-state index in [9.17, 15) is 0 Å². The molecule has 0 saturated carbocycles. The van der Waals surface area contributed by atoms with E-state index in [0.717, 1.165) is 60.2 Å². The molecule has 4 rings (SSSR count). The number of nitrogens with zero attached hydrogens (tertiary/aromatic N) is 3. The van der Waals surface area contributed by atoms with Gasteiger partial charge in [0.1, 0.15) is 17.7 Å². The fraction of sp³-hybridized carbons (Fsp3) is 0.417. The van der Waals surface area contributed by atoms with E-state index in [4.69, 9.17) is 9.47 Å². The topological polar surface area (TPSA) is 72.7 Å². The number of benzene rings is 2. The lowest BCUT2D eigenvalue weighted by molar-refractivity contribution is 0.140. The van der Waals surface area contributed by atoms with Crippen molar-refractivity contribution < 1.29 is 9.47 Å². The summed E-state index contributed by atoms with van der Waals surface area (Å²) in [5.41, 5.74) is 4.48. The molecule has 1 saturated heterocycles. The highest BCUT2D eigenvalue weighted by Gasteiger charge is 2.18. The molecule has 0 aliphatic carbocycles. The Hall–Kier alpha value is -3.06. The van der Waals surface area contributed by atoms with Gasteiger partial charge in [-0.1, -0.05) is 24.3 Å². The third kappa shape index (κ3) is 5.17. The highest BCUT2D eigenvalue weighted by atomic mass is 16.5. The van der Waals surface area contributed by atoms with Crippen LogP contribution in [0.15, 0.2) is 47.5 Å². The van der Waals surface area contributed by atoms with Gasteiger partial charge < -0.3 is 24.7 Å². The molecule has 1 aliphatic rings. The second-order valence-corrected chi connectivity index (χ2v) is 7.87. The van der Waals surface area contributed by atoms with Crippen molar-refractivity contribution in [2.24, 2.45) is 4.99 Å². The number of para-hydroxylation sites is 2. The lowest BCUT2D eigenvalue weighted by atomic mass is 10.1. The second kappa shape index (κ2) is 9.83. The lowest BCUT2D eigenvalue weighted by Gasteiger charge is -2.18. The van der Waals surface area contributed by atoms with Gasteiger partial charge in [-0.2, -0.15) is 0 Å². The molecule has 1 atom stereocenters. The molecule has 2 N–H and O–H groups in total. The number of aryl methyl sites for hydroxylation is 2. The van der Waals surface area contributed by atoms with Gasteiger partial charge in [0.2, 0.25) is 0 Å². The Morgan fingerprint density at radius 3 is 2.90 bits per heavy atom. The van der Waals surface area contributed by atoms with E-state index in [0.29, 0.717) is 13.2 Å². The second-order valence-electron chi connectivity index (χ2n) is 7.87. The smallest absolute Gasteiger partial charge is 0.191 e. The van der Waals surface area contributed by atoms with Crippen molar-refractivity contribution in [2.75, 3.05) is 26.8 Å². The van der Waals surface area contributed by atoms with Gasteiger partial charge in [-0.15, -0.1) is 0 Å². The Kier molecular flexibility index (Phi) is 6.72. The third-order valence-corrected chi connectivity index (χ3v) is 5.55. The van der Waals surface area contributed by atoms with E-state index in [1.807, 2.05) is 25.1 Å². The van der Waals surface area contributed by atoms with Crippen LogP contribution >= 0.6 is 0 Å². The Labute approximate surface area is 183 Å². The molecule has 2 heterocycles. The Balaban J connectivity index is 1.34. The van der Waals surface area contributed by atoms with Gasteiger partial charge in [-0.3, -0.25) is 4.99 Å². The van der Waals surface area contributed by atoms with Crippen molar-refractivity contribution in [3.8, 4) is 5.75 Å². The molecule has 0 bridgehead atoms. The molecule has 7 nitrogen and oxygen atoms in total. The zero-order valence-electron chi connectivity index (χ0n) is 18.5. The first kappa shape index (κ1) is 21.2. The minimum atomic E-state index is 0.131. The molecule has 1 aliphatic heterocycles. The number of nitrogens with one attached hydrogen (secondary N) is 2. The van der Waals surface area contributed by atoms with Crippen LogP contribution in [0.5, 0.6) is 5.75 Å². The molecule has 2 aromatic carbocycles. The van der Waals surface area contributed by atoms with E-state index >= 15 is 0 Å². The molecule has 1 fully saturated rings. The van der Waals surface area contributed by atoms with Crippen LogP contribution in [-0.2, 0) is 17.8 Å². The number of rotatable bonds is 7. The van der Waals surface area contributed by atoms with Gasteiger partial charge in [-0.25, -0.2) is 4.98 Å². The van der Waals surface area contributed by atoms with Crippen LogP contribution in [0, 0.1) is 13.8 Å². The molecule has 1 aromatic heterocycles. The molecular formula is C24H31N5O2. The Morgan fingerprint density at radius 2 is 2.10 bits per heavy atom. The number of hydrogen-bond donors (Lipinski definition) is 2. The summed E-state index contributed by atoms with van der Waals surface area (Å²) in [6.07, 6.45) is 1.07. The van der Waals surface area contributed by atoms with Crippen LogP contribution in [0.25, 0.3) is 11.0 Å². The number of guanidine groups is 1. The molecule has 164 valence electrons. The summed E-state index contributed by atoms with van der Waals surface area (Å²) in [5, 5.41) is 6.81. The SMILES string of the molecule is CN=C(NCCn1c(C)nc2ccccc21)NCc1ccc(C)cc1OC1CCOC1. The van der Waals surface area contributed by atoms with Crippen LogP contribution in [0.4, 0.5) is 0 Å². The maximum atomic E-state index is 6.20. The standard InChI is InChI=1S/C24H31N5O2/c1-17-8-9-19(23(14-17)31-20-10-13-30-16-20)15-27-24(25-3)26-11-12-29-18(2)28-21-6-4-5-7-22(21)29/h4-9,14,20H,10-13,15-16H2,1-3H3,(H2,25,26,27). The summed E-state index contributed by atoms with van der Waals surface area (Å²) in [6.45, 7) is 7.75. The van der Waals surface area contributed by atoms with E-state index in [1.54, 1.807) is 7.05 Å². The average Bonchev–Trinajstić information content (AvgIpc) is 3.39. The molecule has 31 heavy (non-hydrogen) atoms. The first-order valence-corrected chi connectivity index (χ1v) is 10.8. The van der Waals surface area contributed by atoms with Gasteiger partial charge in [0.25, 0.3) is 0 Å². The zero-order chi connectivity index (χ0) is 21.6. The highest BCUT2D eigenvalue weighted by molar-refractivity contribution is 5.79. The van der Waals surface area contributed by atoms with Crippen LogP contribution in [-0.4, -0.2) is 48.4 Å². The van der Waals surface area contributed by atoms with Gasteiger partial charge in [0.05, 0.1) is 24.2 Å². The van der Waals surface area contributed by atoms with Gasteiger partial charge >= 0.3 is 0 Å². The van der Waals surface area contributed by atoms with Crippen LogP contribution in [0.3, 0.4) is 0 Å². The summed E-state index contributed by atoms with van der Waals surface area (Å²) in [7, 11) is 1.79. The molecule has 0 spiro atoms. The lowest BCUT2D eigenvalue weighted by Crippen LogP contribution is -2.38. The van der Waals surface area contributed by atoms with Gasteiger partial charge in [0, 0.05) is 38.7 Å². The largest absolute Gasteiger partial charge is 0.488 e. The fourth-order valence-corrected chi connectivity index (χ4v) is 3.87. The zero-order valence-corrected chi connectivity index (χ0v) is 18.5. The molecule has 0 radical (unpaired) electrons. The van der Waals surface area contributed by atoms with Crippen molar-refractivity contribution >= 4 is 17.0 Å². The van der Waals surface area contributed by atoms with Crippen LogP contribution in [0.2, 0.25) is 0 Å².